The molecule has 1 saturated heterocycles. The van der Waals surface area contributed by atoms with Gasteiger partial charge in [0.15, 0.2) is 24.6 Å². The molecule has 0 aromatic heterocycles. The third kappa shape index (κ3) is 19.7. The van der Waals surface area contributed by atoms with Gasteiger partial charge >= 0.3 is 23.9 Å². The summed E-state index contributed by atoms with van der Waals surface area (Å²) >= 11 is 0. The number of aliphatic hydroxyl groups excluding tert-OH is 5. The zero-order chi connectivity index (χ0) is 39.6. The van der Waals surface area contributed by atoms with Gasteiger partial charge in [-0.25, -0.2) is 0 Å². The highest BCUT2D eigenvalue weighted by Crippen LogP contribution is 2.31. The van der Waals surface area contributed by atoms with Crippen molar-refractivity contribution in [1.29, 1.82) is 0 Å². The predicted octanol–water partition coefficient (Wildman–Crippen LogP) is 3.54. The maximum atomic E-state index is 13.3. The maximum Gasteiger partial charge on any atom is 0.306 e. The summed E-state index contributed by atoms with van der Waals surface area (Å²) in [6.45, 7) is 5.91. The largest absolute Gasteiger partial charge is 0.463 e. The fourth-order valence-electron chi connectivity index (χ4n) is 5.71. The Bertz CT molecular complexity index is 1010. The normalized spacial score (nSPS) is 22.3. The standard InChI is InChI=1S/C38H68O15/c1-5-9-13-14-18-22-32(45)53-37-36(52-31(44)21-17-12-8-4)35(51-30(43)20-16-11-7-3)28(25-48-29(42)19-15-10-6-2)50-38(37)49-24-27(41)34(47)33(46)26(40)23-39/h26-28,33-41,46-47H,5-25H2,1-4H3/t26-,27+,28+,33+,34-,35+,36-,37-,38+/m0/s1. The van der Waals surface area contributed by atoms with E-state index in [2.05, 4.69) is 6.92 Å². The van der Waals surface area contributed by atoms with Gasteiger partial charge in [-0.05, 0) is 25.7 Å². The minimum Gasteiger partial charge on any atom is -0.463 e. The molecule has 1 aliphatic heterocycles. The van der Waals surface area contributed by atoms with Crippen LogP contribution in [-0.4, -0.2) is 124 Å². The third-order valence-electron chi connectivity index (χ3n) is 9.00. The van der Waals surface area contributed by atoms with Crippen LogP contribution in [0.5, 0.6) is 0 Å². The summed E-state index contributed by atoms with van der Waals surface area (Å²) in [6, 6.07) is 0. The van der Waals surface area contributed by atoms with E-state index >= 15 is 0 Å². The molecule has 5 N–H and O–H groups in total. The Labute approximate surface area is 315 Å². The quantitative estimate of drug-likeness (QED) is 0.0401. The number of hydrogen-bond donors (Lipinski definition) is 5. The van der Waals surface area contributed by atoms with E-state index in [0.717, 1.165) is 64.2 Å². The fourth-order valence-corrected chi connectivity index (χ4v) is 5.71. The first kappa shape index (κ1) is 48.6. The highest BCUT2D eigenvalue weighted by Gasteiger charge is 2.53. The Balaban J connectivity index is 3.56. The molecule has 0 radical (unpaired) electrons. The molecule has 9 atom stereocenters. The summed E-state index contributed by atoms with van der Waals surface area (Å²) in [6.07, 6.45) is -3.94. The molecular weight excluding hydrogens is 696 g/mol. The number of esters is 4. The van der Waals surface area contributed by atoms with Crippen molar-refractivity contribution in [3.63, 3.8) is 0 Å². The van der Waals surface area contributed by atoms with Gasteiger partial charge in [0.05, 0.1) is 13.2 Å². The summed E-state index contributed by atoms with van der Waals surface area (Å²) in [4.78, 5) is 52.4. The van der Waals surface area contributed by atoms with E-state index in [1.165, 1.54) is 0 Å². The van der Waals surface area contributed by atoms with Crippen molar-refractivity contribution in [2.45, 2.75) is 198 Å². The van der Waals surface area contributed by atoms with Crippen LogP contribution in [0.3, 0.4) is 0 Å². The van der Waals surface area contributed by atoms with Crippen LogP contribution in [0, 0.1) is 0 Å². The van der Waals surface area contributed by atoms with E-state index in [1.54, 1.807) is 0 Å². The van der Waals surface area contributed by atoms with Crippen LogP contribution in [0.25, 0.3) is 0 Å². The maximum absolute atomic E-state index is 13.3. The van der Waals surface area contributed by atoms with Crippen LogP contribution in [0.1, 0.15) is 143 Å². The van der Waals surface area contributed by atoms with Gasteiger partial charge in [-0.1, -0.05) is 91.9 Å². The van der Waals surface area contributed by atoms with E-state index in [1.807, 2.05) is 20.8 Å². The van der Waals surface area contributed by atoms with Crippen molar-refractivity contribution in [3.8, 4) is 0 Å². The number of carbonyl (C=O) groups excluding carboxylic acids is 4. The molecule has 1 heterocycles. The van der Waals surface area contributed by atoms with Crippen LogP contribution in [0.2, 0.25) is 0 Å². The van der Waals surface area contributed by atoms with E-state index in [4.69, 9.17) is 28.4 Å². The lowest BCUT2D eigenvalue weighted by Gasteiger charge is -2.44. The first-order valence-electron chi connectivity index (χ1n) is 19.8. The van der Waals surface area contributed by atoms with Crippen molar-refractivity contribution in [2.75, 3.05) is 19.8 Å². The molecule has 0 aromatic carbocycles. The SMILES string of the molecule is CCCCCCCC(=O)O[C@@H]1[C@H](OC[C@@H](O)[C@H](O)[C@H](O)[C@@H](O)CO)O[C@H](COC(=O)CCCCC)[C@@H](OC(=O)CCCCC)[C@@H]1OC(=O)CCCCC. The second-order valence-corrected chi connectivity index (χ2v) is 13.8. The van der Waals surface area contributed by atoms with E-state index in [0.29, 0.717) is 25.7 Å². The minimum absolute atomic E-state index is 0.0109. The first-order valence-corrected chi connectivity index (χ1v) is 19.8. The van der Waals surface area contributed by atoms with E-state index in [-0.39, 0.29) is 25.7 Å². The topological polar surface area (TPSA) is 225 Å². The lowest BCUT2D eigenvalue weighted by atomic mass is 9.97. The van der Waals surface area contributed by atoms with Gasteiger partial charge in [0.2, 0.25) is 0 Å². The summed E-state index contributed by atoms with van der Waals surface area (Å²) in [5, 5.41) is 50.1. The molecule has 15 nitrogen and oxygen atoms in total. The van der Waals surface area contributed by atoms with Gasteiger partial charge < -0.3 is 54.0 Å². The second-order valence-electron chi connectivity index (χ2n) is 13.8. The van der Waals surface area contributed by atoms with Gasteiger partial charge in [-0.2, -0.15) is 0 Å². The van der Waals surface area contributed by atoms with Crippen molar-refractivity contribution in [3.05, 3.63) is 0 Å². The third-order valence-corrected chi connectivity index (χ3v) is 9.00. The summed E-state index contributed by atoms with van der Waals surface area (Å²) < 4.78 is 35.2. The highest BCUT2D eigenvalue weighted by molar-refractivity contribution is 5.72. The lowest BCUT2D eigenvalue weighted by molar-refractivity contribution is -0.313. The Morgan fingerprint density at radius 1 is 0.547 bits per heavy atom. The molecule has 310 valence electrons. The lowest BCUT2D eigenvalue weighted by Crippen LogP contribution is -2.63. The Morgan fingerprint density at radius 2 is 0.962 bits per heavy atom. The van der Waals surface area contributed by atoms with Gasteiger partial charge in [-0.3, -0.25) is 19.2 Å². The van der Waals surface area contributed by atoms with Crippen LogP contribution in [-0.2, 0) is 47.6 Å². The van der Waals surface area contributed by atoms with Crippen LogP contribution < -0.4 is 0 Å². The van der Waals surface area contributed by atoms with Crippen molar-refractivity contribution < 1.29 is 73.1 Å². The summed E-state index contributed by atoms with van der Waals surface area (Å²) in [5.41, 5.74) is 0. The molecule has 0 amide bonds. The van der Waals surface area contributed by atoms with Crippen LogP contribution >= 0.6 is 0 Å². The number of hydrogen-bond acceptors (Lipinski definition) is 15. The van der Waals surface area contributed by atoms with Crippen molar-refractivity contribution in [2.24, 2.45) is 0 Å². The molecule has 1 fully saturated rings. The molecule has 1 aliphatic rings. The fraction of sp³-hybridized carbons (Fsp3) is 0.895. The average Bonchev–Trinajstić information content (AvgIpc) is 3.14. The molecule has 53 heavy (non-hydrogen) atoms. The summed E-state index contributed by atoms with van der Waals surface area (Å²) in [5.74, 6) is -2.50. The number of ether oxygens (including phenoxy) is 6. The molecule has 1 rings (SSSR count). The molecule has 15 heteroatoms. The Hall–Kier alpha value is -2.40. The first-order chi connectivity index (χ1) is 25.4. The predicted molar refractivity (Wildman–Crippen MR) is 192 cm³/mol. The molecule has 0 spiro atoms. The van der Waals surface area contributed by atoms with Gasteiger partial charge in [0.1, 0.15) is 37.1 Å². The van der Waals surface area contributed by atoms with Crippen LogP contribution in [0.4, 0.5) is 0 Å². The number of carbonyl (C=O) groups is 4. The van der Waals surface area contributed by atoms with Gasteiger partial charge in [0.25, 0.3) is 0 Å². The Morgan fingerprint density at radius 3 is 1.47 bits per heavy atom. The molecule has 0 bridgehead atoms. The van der Waals surface area contributed by atoms with E-state index < -0.39 is 98.8 Å². The molecule has 0 unspecified atom stereocenters. The zero-order valence-electron chi connectivity index (χ0n) is 32.4. The minimum atomic E-state index is -1.98. The summed E-state index contributed by atoms with van der Waals surface area (Å²) in [7, 11) is 0. The van der Waals surface area contributed by atoms with Gasteiger partial charge in [0, 0.05) is 25.7 Å². The monoisotopic (exact) mass is 764 g/mol. The second kappa shape index (κ2) is 29.0. The number of unbranched alkanes of at least 4 members (excludes halogenated alkanes) is 10. The van der Waals surface area contributed by atoms with E-state index in [9.17, 15) is 44.7 Å². The number of aliphatic hydroxyl groups is 5. The highest BCUT2D eigenvalue weighted by atomic mass is 16.7. The van der Waals surface area contributed by atoms with Crippen molar-refractivity contribution in [1.82, 2.24) is 0 Å². The molecule has 0 saturated carbocycles. The molecule has 0 aliphatic carbocycles. The average molecular weight is 765 g/mol. The smallest absolute Gasteiger partial charge is 0.306 e. The van der Waals surface area contributed by atoms with Gasteiger partial charge in [-0.15, -0.1) is 0 Å². The van der Waals surface area contributed by atoms with Crippen molar-refractivity contribution >= 4 is 23.9 Å². The van der Waals surface area contributed by atoms with Crippen LogP contribution in [0.15, 0.2) is 0 Å². The molecular formula is C38H68O15. The number of rotatable bonds is 30. The zero-order valence-corrected chi connectivity index (χ0v) is 32.4. The molecule has 0 aromatic rings. The Kier molecular flexibility index (Phi) is 26.6.